The third-order valence-electron chi connectivity index (χ3n) is 6.68. The standard InChI is InChI=1S/C27H33N3O2/c1-21-13-17-29(18-14-21)25-10-8-24(9-11-25)28-27(32)23-15-19-30(20-16-23)26(31)12-7-22-5-3-2-4-6-22/h2-12,21,23H,13-20H2,1H3,(H,28,32)/b12-7+. The van der Waals surface area contributed by atoms with Crippen LogP contribution in [0.1, 0.15) is 38.2 Å². The van der Waals surface area contributed by atoms with E-state index in [0.717, 1.165) is 30.3 Å². The number of anilines is 2. The number of rotatable bonds is 5. The predicted octanol–water partition coefficient (Wildman–Crippen LogP) is 4.81. The maximum Gasteiger partial charge on any atom is 0.246 e. The second-order valence-electron chi connectivity index (χ2n) is 9.05. The maximum absolute atomic E-state index is 12.7. The summed E-state index contributed by atoms with van der Waals surface area (Å²) < 4.78 is 0. The number of amides is 2. The molecule has 0 radical (unpaired) electrons. The first-order valence-electron chi connectivity index (χ1n) is 11.8. The van der Waals surface area contributed by atoms with Gasteiger partial charge in [-0.25, -0.2) is 0 Å². The Hall–Kier alpha value is -3.08. The minimum Gasteiger partial charge on any atom is -0.372 e. The number of benzene rings is 2. The van der Waals surface area contributed by atoms with Crippen molar-refractivity contribution in [2.75, 3.05) is 36.4 Å². The molecule has 1 N–H and O–H groups in total. The Kier molecular flexibility index (Phi) is 7.25. The summed E-state index contributed by atoms with van der Waals surface area (Å²) in [5.74, 6) is 0.818. The zero-order chi connectivity index (χ0) is 22.3. The van der Waals surface area contributed by atoms with Gasteiger partial charge in [-0.05, 0) is 67.5 Å². The summed E-state index contributed by atoms with van der Waals surface area (Å²) in [5.41, 5.74) is 3.08. The maximum atomic E-state index is 12.7. The average molecular weight is 432 g/mol. The monoisotopic (exact) mass is 431 g/mol. The first kappa shape index (κ1) is 22.1. The molecule has 0 unspecified atom stereocenters. The topological polar surface area (TPSA) is 52.7 Å². The lowest BCUT2D eigenvalue weighted by Crippen LogP contribution is -2.40. The molecule has 5 nitrogen and oxygen atoms in total. The second-order valence-corrected chi connectivity index (χ2v) is 9.05. The molecule has 2 saturated heterocycles. The van der Waals surface area contributed by atoms with E-state index in [1.807, 2.05) is 53.4 Å². The Morgan fingerprint density at radius 3 is 2.19 bits per heavy atom. The summed E-state index contributed by atoms with van der Waals surface area (Å²) >= 11 is 0. The fraction of sp³-hybridized carbons (Fsp3) is 0.407. The van der Waals surface area contributed by atoms with E-state index in [2.05, 4.69) is 29.3 Å². The van der Waals surface area contributed by atoms with Crippen LogP contribution in [0.5, 0.6) is 0 Å². The van der Waals surface area contributed by atoms with Crippen LogP contribution in [-0.4, -0.2) is 42.9 Å². The van der Waals surface area contributed by atoms with Crippen molar-refractivity contribution in [1.82, 2.24) is 4.90 Å². The summed E-state index contributed by atoms with van der Waals surface area (Å²) in [6.07, 6.45) is 7.33. The van der Waals surface area contributed by atoms with Crippen LogP contribution in [-0.2, 0) is 9.59 Å². The molecule has 5 heteroatoms. The summed E-state index contributed by atoms with van der Waals surface area (Å²) in [6, 6.07) is 18.0. The average Bonchev–Trinajstić information content (AvgIpc) is 2.84. The van der Waals surface area contributed by atoms with Crippen molar-refractivity contribution >= 4 is 29.3 Å². The van der Waals surface area contributed by atoms with Crippen molar-refractivity contribution in [3.63, 3.8) is 0 Å². The van der Waals surface area contributed by atoms with Crippen molar-refractivity contribution in [3.8, 4) is 0 Å². The molecule has 0 spiro atoms. The normalized spacial score (nSPS) is 18.2. The fourth-order valence-electron chi connectivity index (χ4n) is 4.47. The molecule has 2 aliphatic heterocycles. The predicted molar refractivity (Wildman–Crippen MR) is 130 cm³/mol. The van der Waals surface area contributed by atoms with Gasteiger partial charge in [0, 0.05) is 49.5 Å². The fourth-order valence-corrected chi connectivity index (χ4v) is 4.47. The summed E-state index contributed by atoms with van der Waals surface area (Å²) in [5, 5.41) is 3.06. The van der Waals surface area contributed by atoms with Crippen LogP contribution in [0.2, 0.25) is 0 Å². The van der Waals surface area contributed by atoms with Crippen molar-refractivity contribution in [3.05, 3.63) is 66.2 Å². The van der Waals surface area contributed by atoms with Gasteiger partial charge >= 0.3 is 0 Å². The molecule has 0 aliphatic carbocycles. The van der Waals surface area contributed by atoms with Crippen molar-refractivity contribution in [2.45, 2.75) is 32.6 Å². The first-order valence-corrected chi connectivity index (χ1v) is 11.8. The summed E-state index contributed by atoms with van der Waals surface area (Å²) in [7, 11) is 0. The van der Waals surface area contributed by atoms with Crippen molar-refractivity contribution in [1.29, 1.82) is 0 Å². The minimum absolute atomic E-state index is 0.00964. The lowest BCUT2D eigenvalue weighted by atomic mass is 9.95. The highest BCUT2D eigenvalue weighted by Crippen LogP contribution is 2.25. The Morgan fingerprint density at radius 1 is 0.875 bits per heavy atom. The highest BCUT2D eigenvalue weighted by atomic mass is 16.2. The van der Waals surface area contributed by atoms with Crippen LogP contribution >= 0.6 is 0 Å². The van der Waals surface area contributed by atoms with Crippen LogP contribution in [0.25, 0.3) is 6.08 Å². The molecule has 0 bridgehead atoms. The number of piperidine rings is 2. The van der Waals surface area contributed by atoms with Gasteiger partial charge in [-0.1, -0.05) is 37.3 Å². The third kappa shape index (κ3) is 5.78. The van der Waals surface area contributed by atoms with Gasteiger partial charge in [0.2, 0.25) is 11.8 Å². The van der Waals surface area contributed by atoms with E-state index in [9.17, 15) is 9.59 Å². The summed E-state index contributed by atoms with van der Waals surface area (Å²) in [4.78, 5) is 29.4. The Labute approximate surface area is 191 Å². The molecule has 2 aromatic carbocycles. The van der Waals surface area contributed by atoms with E-state index in [4.69, 9.17) is 0 Å². The number of nitrogens with zero attached hydrogens (tertiary/aromatic N) is 2. The number of likely N-dealkylation sites (tertiary alicyclic amines) is 1. The zero-order valence-corrected chi connectivity index (χ0v) is 18.9. The first-order chi connectivity index (χ1) is 15.6. The Bertz CT molecular complexity index is 923. The third-order valence-corrected chi connectivity index (χ3v) is 6.68. The molecule has 2 amide bonds. The van der Waals surface area contributed by atoms with Gasteiger partial charge in [0.1, 0.15) is 0 Å². The highest BCUT2D eigenvalue weighted by Gasteiger charge is 2.26. The molecule has 2 aliphatic rings. The number of carbonyl (C=O) groups is 2. The number of hydrogen-bond donors (Lipinski definition) is 1. The van der Waals surface area contributed by atoms with Crippen molar-refractivity contribution < 1.29 is 9.59 Å². The largest absolute Gasteiger partial charge is 0.372 e. The Balaban J connectivity index is 1.24. The van der Waals surface area contributed by atoms with Crippen LogP contribution in [0.3, 0.4) is 0 Å². The van der Waals surface area contributed by atoms with Crippen LogP contribution in [0.4, 0.5) is 11.4 Å². The second kappa shape index (κ2) is 10.5. The van der Waals surface area contributed by atoms with E-state index in [1.54, 1.807) is 6.08 Å². The molecule has 2 heterocycles. The molecule has 2 fully saturated rings. The number of carbonyl (C=O) groups excluding carboxylic acids is 2. The lowest BCUT2D eigenvalue weighted by molar-refractivity contribution is -0.130. The molecular formula is C27H33N3O2. The smallest absolute Gasteiger partial charge is 0.246 e. The van der Waals surface area contributed by atoms with E-state index in [0.29, 0.717) is 25.9 Å². The molecule has 2 aromatic rings. The van der Waals surface area contributed by atoms with Gasteiger partial charge in [-0.3, -0.25) is 9.59 Å². The van der Waals surface area contributed by atoms with E-state index >= 15 is 0 Å². The van der Waals surface area contributed by atoms with E-state index < -0.39 is 0 Å². The van der Waals surface area contributed by atoms with Gasteiger partial charge in [0.15, 0.2) is 0 Å². The molecular weight excluding hydrogens is 398 g/mol. The van der Waals surface area contributed by atoms with Crippen molar-refractivity contribution in [2.24, 2.45) is 11.8 Å². The van der Waals surface area contributed by atoms with Gasteiger partial charge in [-0.2, -0.15) is 0 Å². The van der Waals surface area contributed by atoms with Crippen LogP contribution < -0.4 is 10.2 Å². The summed E-state index contributed by atoms with van der Waals surface area (Å²) in [6.45, 7) is 5.75. The number of hydrogen-bond acceptors (Lipinski definition) is 3. The van der Waals surface area contributed by atoms with Gasteiger partial charge in [0.05, 0.1) is 0 Å². The minimum atomic E-state index is -0.0552. The zero-order valence-electron chi connectivity index (χ0n) is 18.9. The Morgan fingerprint density at radius 2 is 1.53 bits per heavy atom. The van der Waals surface area contributed by atoms with E-state index in [1.165, 1.54) is 18.5 Å². The van der Waals surface area contributed by atoms with Gasteiger partial charge in [-0.15, -0.1) is 0 Å². The molecule has 4 rings (SSSR count). The molecule has 0 aromatic heterocycles. The molecule has 168 valence electrons. The molecule has 0 saturated carbocycles. The quantitative estimate of drug-likeness (QED) is 0.691. The van der Waals surface area contributed by atoms with Crippen LogP contribution in [0.15, 0.2) is 60.7 Å². The van der Waals surface area contributed by atoms with Gasteiger partial charge < -0.3 is 15.1 Å². The molecule has 0 atom stereocenters. The van der Waals surface area contributed by atoms with Crippen LogP contribution in [0, 0.1) is 11.8 Å². The lowest BCUT2D eigenvalue weighted by Gasteiger charge is -2.32. The van der Waals surface area contributed by atoms with E-state index in [-0.39, 0.29) is 17.7 Å². The SMILES string of the molecule is CC1CCN(c2ccc(NC(=O)C3CCN(C(=O)/C=C/c4ccccc4)CC3)cc2)CC1. The molecule has 32 heavy (non-hydrogen) atoms. The van der Waals surface area contributed by atoms with Gasteiger partial charge in [0.25, 0.3) is 0 Å². The number of nitrogens with one attached hydrogen (secondary N) is 1. The highest BCUT2D eigenvalue weighted by molar-refractivity contribution is 5.94.